The van der Waals surface area contributed by atoms with Gasteiger partial charge in [0.15, 0.2) is 5.11 Å². The average molecular weight is 394 g/mol. The van der Waals surface area contributed by atoms with Crippen molar-refractivity contribution in [3.63, 3.8) is 0 Å². The predicted octanol–water partition coefficient (Wildman–Crippen LogP) is 4.47. The summed E-state index contributed by atoms with van der Waals surface area (Å²) in [4.78, 5) is 14.4. The Labute approximate surface area is 161 Å². The number of carbonyl (C=O) groups excluding carboxylic acids is 1. The third kappa shape index (κ3) is 4.32. The average Bonchev–Trinajstić information content (AvgIpc) is 3.00. The molecule has 25 heavy (non-hydrogen) atoms. The molecular formula is C18H20ClN3OS2. The van der Waals surface area contributed by atoms with Crippen molar-refractivity contribution in [2.24, 2.45) is 5.92 Å². The van der Waals surface area contributed by atoms with E-state index in [1.165, 1.54) is 16.9 Å². The molecule has 0 bridgehead atoms. The van der Waals surface area contributed by atoms with Crippen LogP contribution in [0.5, 0.6) is 0 Å². The number of aryl methyl sites for hydroxylation is 1. The highest BCUT2D eigenvalue weighted by Crippen LogP contribution is 2.32. The zero-order chi connectivity index (χ0) is 18.0. The third-order valence-electron chi connectivity index (χ3n) is 4.36. The summed E-state index contributed by atoms with van der Waals surface area (Å²) in [6.07, 6.45) is 3.32. The molecule has 0 saturated heterocycles. The molecule has 1 aromatic heterocycles. The van der Waals surface area contributed by atoms with E-state index in [1.807, 2.05) is 31.2 Å². The topological polar surface area (TPSA) is 53.2 Å². The highest BCUT2D eigenvalue weighted by molar-refractivity contribution is 7.80. The minimum Gasteiger partial charge on any atom is -0.331 e. The van der Waals surface area contributed by atoms with Crippen molar-refractivity contribution in [1.82, 2.24) is 10.9 Å². The SMILES string of the molecule is Cc1c(Cl)cccc1NC(=S)NNC(=O)c1cc2c(s1)CCC(C)C2. The fraction of sp³-hybridized carbons (Fsp3) is 0.333. The predicted molar refractivity (Wildman–Crippen MR) is 109 cm³/mol. The lowest BCUT2D eigenvalue weighted by molar-refractivity contribution is 0.0948. The fourth-order valence-corrected chi connectivity index (χ4v) is 4.33. The molecule has 3 N–H and O–H groups in total. The van der Waals surface area contributed by atoms with E-state index in [4.69, 9.17) is 23.8 Å². The first-order valence-electron chi connectivity index (χ1n) is 8.18. The highest BCUT2D eigenvalue weighted by atomic mass is 35.5. The number of thiocarbonyl (C=S) groups is 1. The number of carbonyl (C=O) groups is 1. The van der Waals surface area contributed by atoms with Gasteiger partial charge in [0.2, 0.25) is 0 Å². The summed E-state index contributed by atoms with van der Waals surface area (Å²) < 4.78 is 0. The molecule has 4 nitrogen and oxygen atoms in total. The van der Waals surface area contributed by atoms with Gasteiger partial charge in [-0.1, -0.05) is 24.6 Å². The van der Waals surface area contributed by atoms with Gasteiger partial charge in [-0.2, -0.15) is 0 Å². The van der Waals surface area contributed by atoms with Gasteiger partial charge in [-0.25, -0.2) is 0 Å². The van der Waals surface area contributed by atoms with Crippen molar-refractivity contribution < 1.29 is 4.79 Å². The molecule has 1 unspecified atom stereocenters. The number of anilines is 1. The van der Waals surface area contributed by atoms with Crippen LogP contribution in [0.4, 0.5) is 5.69 Å². The third-order valence-corrected chi connectivity index (χ3v) is 6.21. The molecule has 1 aromatic carbocycles. The van der Waals surface area contributed by atoms with Crippen molar-refractivity contribution in [3.05, 3.63) is 50.2 Å². The van der Waals surface area contributed by atoms with Gasteiger partial charge in [0.1, 0.15) is 0 Å². The number of fused-ring (bicyclic) bond motifs is 1. The lowest BCUT2D eigenvalue weighted by Crippen LogP contribution is -2.43. The summed E-state index contributed by atoms with van der Waals surface area (Å²) in [6.45, 7) is 4.16. The number of hydrogen-bond donors (Lipinski definition) is 3. The van der Waals surface area contributed by atoms with Crippen LogP contribution >= 0.6 is 35.2 Å². The maximum absolute atomic E-state index is 12.4. The molecule has 0 aliphatic heterocycles. The first-order chi connectivity index (χ1) is 11.9. The van der Waals surface area contributed by atoms with Crippen molar-refractivity contribution >= 4 is 51.9 Å². The Hall–Kier alpha value is -1.63. The molecule has 2 aromatic rings. The number of halogens is 1. The van der Waals surface area contributed by atoms with E-state index in [0.717, 1.165) is 24.1 Å². The van der Waals surface area contributed by atoms with Gasteiger partial charge in [-0.3, -0.25) is 15.6 Å². The second-order valence-electron chi connectivity index (χ2n) is 6.35. The lowest BCUT2D eigenvalue weighted by atomic mass is 9.90. The molecule has 1 aliphatic rings. The van der Waals surface area contributed by atoms with Crippen LogP contribution in [0.1, 0.15) is 39.0 Å². The second kappa shape index (κ2) is 7.72. The highest BCUT2D eigenvalue weighted by Gasteiger charge is 2.20. The maximum Gasteiger partial charge on any atom is 0.279 e. The van der Waals surface area contributed by atoms with Crippen LogP contribution in [0.2, 0.25) is 5.02 Å². The Morgan fingerprint density at radius 1 is 1.36 bits per heavy atom. The van der Waals surface area contributed by atoms with E-state index in [0.29, 0.717) is 20.9 Å². The normalized spacial score (nSPS) is 16.0. The molecule has 3 rings (SSSR count). The molecule has 1 aliphatic carbocycles. The number of nitrogens with one attached hydrogen (secondary N) is 3. The Balaban J connectivity index is 1.57. The number of benzene rings is 1. The van der Waals surface area contributed by atoms with Crippen LogP contribution in [0.15, 0.2) is 24.3 Å². The van der Waals surface area contributed by atoms with Gasteiger partial charge < -0.3 is 5.32 Å². The second-order valence-corrected chi connectivity index (χ2v) is 8.30. The molecule has 0 saturated carbocycles. The van der Waals surface area contributed by atoms with E-state index in [-0.39, 0.29) is 5.91 Å². The molecule has 7 heteroatoms. The number of amides is 1. The zero-order valence-corrected chi connectivity index (χ0v) is 16.5. The smallest absolute Gasteiger partial charge is 0.279 e. The van der Waals surface area contributed by atoms with Gasteiger partial charge in [-0.05, 0) is 73.6 Å². The van der Waals surface area contributed by atoms with Crippen molar-refractivity contribution in [3.8, 4) is 0 Å². The van der Waals surface area contributed by atoms with Crippen molar-refractivity contribution in [2.75, 3.05) is 5.32 Å². The molecule has 1 amide bonds. The number of thiophene rings is 1. The van der Waals surface area contributed by atoms with Crippen molar-refractivity contribution in [1.29, 1.82) is 0 Å². The number of hydrazine groups is 1. The molecule has 0 radical (unpaired) electrons. The van der Waals surface area contributed by atoms with Crippen LogP contribution in [-0.4, -0.2) is 11.0 Å². The maximum atomic E-state index is 12.4. The van der Waals surface area contributed by atoms with Crippen LogP contribution in [0.3, 0.4) is 0 Å². The van der Waals surface area contributed by atoms with Gasteiger partial charge in [-0.15, -0.1) is 11.3 Å². The van der Waals surface area contributed by atoms with Crippen LogP contribution < -0.4 is 16.2 Å². The number of hydrogen-bond acceptors (Lipinski definition) is 3. The lowest BCUT2D eigenvalue weighted by Gasteiger charge is -2.16. The fourth-order valence-electron chi connectivity index (χ4n) is 2.89. The van der Waals surface area contributed by atoms with E-state index < -0.39 is 0 Å². The largest absolute Gasteiger partial charge is 0.331 e. The summed E-state index contributed by atoms with van der Waals surface area (Å²) in [5, 5.41) is 4.01. The molecule has 0 fully saturated rings. The van der Waals surface area contributed by atoms with Crippen LogP contribution in [-0.2, 0) is 12.8 Å². The van der Waals surface area contributed by atoms with Gasteiger partial charge in [0.25, 0.3) is 5.91 Å². The van der Waals surface area contributed by atoms with Gasteiger partial charge in [0.05, 0.1) is 4.88 Å². The standard InChI is InChI=1S/C18H20ClN3OS2/c1-10-6-7-15-12(8-10)9-16(25-15)17(23)21-22-18(24)20-14-5-3-4-13(19)11(14)2/h3-5,9-10H,6-8H2,1-2H3,(H,21,23)(H2,20,22,24). The first-order valence-corrected chi connectivity index (χ1v) is 9.78. The molecule has 0 spiro atoms. The van der Waals surface area contributed by atoms with Crippen LogP contribution in [0.25, 0.3) is 0 Å². The molecular weight excluding hydrogens is 374 g/mol. The van der Waals surface area contributed by atoms with Crippen molar-refractivity contribution in [2.45, 2.75) is 33.1 Å². The summed E-state index contributed by atoms with van der Waals surface area (Å²) in [5.74, 6) is 0.521. The van der Waals surface area contributed by atoms with E-state index in [9.17, 15) is 4.79 Å². The first kappa shape index (κ1) is 18.2. The monoisotopic (exact) mass is 393 g/mol. The minimum atomic E-state index is -0.168. The van der Waals surface area contributed by atoms with Gasteiger partial charge >= 0.3 is 0 Å². The Kier molecular flexibility index (Phi) is 5.61. The Morgan fingerprint density at radius 3 is 2.96 bits per heavy atom. The summed E-state index contributed by atoms with van der Waals surface area (Å²) in [6, 6.07) is 7.55. The van der Waals surface area contributed by atoms with Crippen LogP contribution in [0, 0.1) is 12.8 Å². The minimum absolute atomic E-state index is 0.168. The number of rotatable bonds is 2. The summed E-state index contributed by atoms with van der Waals surface area (Å²) >= 11 is 12.9. The summed E-state index contributed by atoms with van der Waals surface area (Å²) in [7, 11) is 0. The van der Waals surface area contributed by atoms with Gasteiger partial charge in [0, 0.05) is 15.6 Å². The van der Waals surface area contributed by atoms with E-state index in [2.05, 4.69) is 23.1 Å². The molecule has 1 atom stereocenters. The molecule has 1 heterocycles. The quantitative estimate of drug-likeness (QED) is 0.520. The summed E-state index contributed by atoms with van der Waals surface area (Å²) in [5.41, 5.74) is 8.43. The Morgan fingerprint density at radius 2 is 2.16 bits per heavy atom. The van der Waals surface area contributed by atoms with E-state index in [1.54, 1.807) is 11.3 Å². The zero-order valence-electron chi connectivity index (χ0n) is 14.1. The van der Waals surface area contributed by atoms with E-state index >= 15 is 0 Å². The molecule has 132 valence electrons. The Bertz CT molecular complexity index is 819.